The second-order valence-electron chi connectivity index (χ2n) is 3.47. The Hall–Kier alpha value is -1.25. The second-order valence-corrected chi connectivity index (χ2v) is 4.26. The normalized spacial score (nSPS) is 10.7. The number of hydrogen-bond donors (Lipinski definition) is 1. The third kappa shape index (κ3) is 3.37. The van der Waals surface area contributed by atoms with Crippen molar-refractivity contribution >= 4 is 27.4 Å². The molecular formula is C10H14BrN3O4. The standard InChI is InChI=1S/C10H14BrN3O4/c1-6-7(14(15)16)4-12-10(9(6)11)13-5-8(17-2)18-3/h4,8H,5H2,1-3H3,(H,12,13). The Balaban J connectivity index is 2.86. The number of nitrogens with zero attached hydrogens (tertiary/aromatic N) is 2. The van der Waals surface area contributed by atoms with Crippen LogP contribution >= 0.6 is 15.9 Å². The maximum atomic E-state index is 10.7. The molecule has 7 nitrogen and oxygen atoms in total. The summed E-state index contributed by atoms with van der Waals surface area (Å²) in [6.45, 7) is 2.04. The molecule has 1 heterocycles. The molecule has 0 amide bonds. The average molecular weight is 320 g/mol. The zero-order valence-electron chi connectivity index (χ0n) is 10.3. The van der Waals surface area contributed by atoms with E-state index in [1.807, 2.05) is 0 Å². The minimum absolute atomic E-state index is 0.0255. The van der Waals surface area contributed by atoms with Crippen LogP contribution in [0, 0.1) is 17.0 Å². The first kappa shape index (κ1) is 14.8. The molecule has 0 radical (unpaired) electrons. The number of rotatable bonds is 6. The van der Waals surface area contributed by atoms with Gasteiger partial charge in [-0.2, -0.15) is 0 Å². The Morgan fingerprint density at radius 3 is 2.67 bits per heavy atom. The molecule has 0 aliphatic heterocycles. The Kier molecular flexibility index (Phi) is 5.45. The van der Waals surface area contributed by atoms with E-state index in [0.29, 0.717) is 22.4 Å². The van der Waals surface area contributed by atoms with Gasteiger partial charge in [-0.25, -0.2) is 4.98 Å². The van der Waals surface area contributed by atoms with Gasteiger partial charge in [-0.3, -0.25) is 10.1 Å². The average Bonchev–Trinajstić information content (AvgIpc) is 2.35. The third-order valence-corrected chi connectivity index (χ3v) is 3.37. The van der Waals surface area contributed by atoms with E-state index in [4.69, 9.17) is 9.47 Å². The van der Waals surface area contributed by atoms with E-state index in [0.717, 1.165) is 0 Å². The Labute approximate surface area is 113 Å². The van der Waals surface area contributed by atoms with Gasteiger partial charge in [0.1, 0.15) is 12.0 Å². The summed E-state index contributed by atoms with van der Waals surface area (Å²) in [7, 11) is 3.05. The molecule has 0 bridgehead atoms. The molecule has 0 fully saturated rings. The molecule has 8 heteroatoms. The van der Waals surface area contributed by atoms with Crippen LogP contribution in [-0.2, 0) is 9.47 Å². The molecule has 0 saturated heterocycles. The molecule has 0 atom stereocenters. The third-order valence-electron chi connectivity index (χ3n) is 2.40. The van der Waals surface area contributed by atoms with E-state index in [2.05, 4.69) is 26.2 Å². The quantitative estimate of drug-likeness (QED) is 0.491. The summed E-state index contributed by atoms with van der Waals surface area (Å²) in [4.78, 5) is 14.3. The number of halogens is 1. The van der Waals surface area contributed by atoms with E-state index in [-0.39, 0.29) is 5.69 Å². The van der Waals surface area contributed by atoms with Gasteiger partial charge in [0.15, 0.2) is 6.29 Å². The smallest absolute Gasteiger partial charge is 0.291 e. The van der Waals surface area contributed by atoms with Crippen molar-refractivity contribution in [3.63, 3.8) is 0 Å². The van der Waals surface area contributed by atoms with Crippen molar-refractivity contribution in [1.29, 1.82) is 0 Å². The number of ether oxygens (including phenoxy) is 2. The Bertz CT molecular complexity index is 437. The van der Waals surface area contributed by atoms with Crippen molar-refractivity contribution < 1.29 is 14.4 Å². The monoisotopic (exact) mass is 319 g/mol. The maximum Gasteiger partial charge on any atom is 0.291 e. The van der Waals surface area contributed by atoms with Gasteiger partial charge >= 0.3 is 0 Å². The summed E-state index contributed by atoms with van der Waals surface area (Å²) in [6, 6.07) is 0. The van der Waals surface area contributed by atoms with Crippen LogP contribution in [-0.4, -0.2) is 37.0 Å². The van der Waals surface area contributed by atoms with Crippen molar-refractivity contribution in [1.82, 2.24) is 4.98 Å². The zero-order chi connectivity index (χ0) is 13.7. The molecule has 1 aromatic rings. The molecule has 0 saturated carbocycles. The van der Waals surface area contributed by atoms with Gasteiger partial charge in [-0.1, -0.05) is 0 Å². The number of methoxy groups -OCH3 is 2. The van der Waals surface area contributed by atoms with Gasteiger partial charge in [0.2, 0.25) is 0 Å². The summed E-state index contributed by atoms with van der Waals surface area (Å²) in [5, 5.41) is 13.7. The number of nitro groups is 1. The fraction of sp³-hybridized carbons (Fsp3) is 0.500. The highest BCUT2D eigenvalue weighted by Gasteiger charge is 2.17. The van der Waals surface area contributed by atoms with Crippen LogP contribution < -0.4 is 5.32 Å². The second kappa shape index (κ2) is 6.62. The lowest BCUT2D eigenvalue weighted by molar-refractivity contribution is -0.385. The molecule has 0 aliphatic carbocycles. The summed E-state index contributed by atoms with van der Waals surface area (Å²) in [5.41, 5.74) is 0.492. The van der Waals surface area contributed by atoms with Gasteiger partial charge in [0.25, 0.3) is 5.69 Å². The predicted octanol–water partition coefficient (Wildman–Crippen LogP) is 2.09. The summed E-state index contributed by atoms with van der Waals surface area (Å²) in [6.07, 6.45) is 0.811. The highest BCUT2D eigenvalue weighted by atomic mass is 79.9. The van der Waals surface area contributed by atoms with Crippen LogP contribution in [0.3, 0.4) is 0 Å². The topological polar surface area (TPSA) is 86.5 Å². The summed E-state index contributed by atoms with van der Waals surface area (Å²) in [5.74, 6) is 0.511. The summed E-state index contributed by atoms with van der Waals surface area (Å²) < 4.78 is 10.6. The van der Waals surface area contributed by atoms with Gasteiger partial charge in [0, 0.05) is 19.8 Å². The highest BCUT2D eigenvalue weighted by molar-refractivity contribution is 9.10. The summed E-state index contributed by atoms with van der Waals surface area (Å²) >= 11 is 3.28. The fourth-order valence-corrected chi connectivity index (χ4v) is 1.77. The molecule has 1 rings (SSSR count). The molecule has 1 aromatic heterocycles. The van der Waals surface area contributed by atoms with Gasteiger partial charge in [-0.15, -0.1) is 0 Å². The maximum absolute atomic E-state index is 10.7. The van der Waals surface area contributed by atoms with Crippen LogP contribution in [0.2, 0.25) is 0 Å². The highest BCUT2D eigenvalue weighted by Crippen LogP contribution is 2.30. The minimum atomic E-state index is -0.468. The minimum Gasteiger partial charge on any atom is -0.364 e. The molecule has 0 unspecified atom stereocenters. The van der Waals surface area contributed by atoms with E-state index >= 15 is 0 Å². The lowest BCUT2D eigenvalue weighted by Gasteiger charge is -2.15. The first-order chi connectivity index (χ1) is 8.51. The lowest BCUT2D eigenvalue weighted by atomic mass is 10.2. The molecule has 0 spiro atoms. The van der Waals surface area contributed by atoms with E-state index < -0.39 is 11.2 Å². The number of nitrogens with one attached hydrogen (secondary N) is 1. The largest absolute Gasteiger partial charge is 0.364 e. The van der Waals surface area contributed by atoms with Gasteiger partial charge in [-0.05, 0) is 22.9 Å². The van der Waals surface area contributed by atoms with Gasteiger partial charge < -0.3 is 14.8 Å². The van der Waals surface area contributed by atoms with Crippen molar-refractivity contribution in [2.45, 2.75) is 13.2 Å². The fourth-order valence-electron chi connectivity index (χ4n) is 1.32. The molecular weight excluding hydrogens is 306 g/mol. The van der Waals surface area contributed by atoms with Crippen molar-refractivity contribution in [3.8, 4) is 0 Å². The van der Waals surface area contributed by atoms with Crippen LogP contribution in [0.4, 0.5) is 11.5 Å². The number of anilines is 1. The van der Waals surface area contributed by atoms with Crippen LogP contribution in [0.15, 0.2) is 10.7 Å². The molecule has 0 aliphatic rings. The van der Waals surface area contributed by atoms with Crippen molar-refractivity contribution in [3.05, 3.63) is 26.3 Å². The molecule has 18 heavy (non-hydrogen) atoms. The van der Waals surface area contributed by atoms with Crippen molar-refractivity contribution in [2.75, 3.05) is 26.1 Å². The number of hydrogen-bond acceptors (Lipinski definition) is 6. The van der Waals surface area contributed by atoms with Crippen LogP contribution in [0.1, 0.15) is 5.56 Å². The first-order valence-electron chi connectivity index (χ1n) is 5.10. The Morgan fingerprint density at radius 1 is 1.56 bits per heavy atom. The molecule has 0 aromatic carbocycles. The number of pyridine rings is 1. The van der Waals surface area contributed by atoms with Crippen LogP contribution in [0.5, 0.6) is 0 Å². The van der Waals surface area contributed by atoms with Crippen LogP contribution in [0.25, 0.3) is 0 Å². The zero-order valence-corrected chi connectivity index (χ0v) is 11.9. The molecule has 100 valence electrons. The SMILES string of the molecule is COC(CNc1ncc([N+](=O)[O-])c(C)c1Br)OC. The predicted molar refractivity (Wildman–Crippen MR) is 69.6 cm³/mol. The van der Waals surface area contributed by atoms with Crippen molar-refractivity contribution in [2.24, 2.45) is 0 Å². The first-order valence-corrected chi connectivity index (χ1v) is 5.89. The Morgan fingerprint density at radius 2 is 2.17 bits per heavy atom. The van der Waals surface area contributed by atoms with E-state index in [1.165, 1.54) is 20.4 Å². The van der Waals surface area contributed by atoms with Gasteiger partial charge in [0.05, 0.1) is 15.9 Å². The lowest BCUT2D eigenvalue weighted by Crippen LogP contribution is -2.24. The number of aromatic nitrogens is 1. The van der Waals surface area contributed by atoms with E-state index in [9.17, 15) is 10.1 Å². The van der Waals surface area contributed by atoms with E-state index in [1.54, 1.807) is 6.92 Å². The molecule has 1 N–H and O–H groups in total.